The van der Waals surface area contributed by atoms with E-state index in [1.165, 1.54) is 24.0 Å². The first-order chi connectivity index (χ1) is 17.9. The highest BCUT2D eigenvalue weighted by atomic mass is 35.5. The number of likely N-dealkylation sites (tertiary alicyclic amines) is 1. The molecule has 7 nitrogen and oxygen atoms in total. The Morgan fingerprint density at radius 3 is 2.71 bits per heavy atom. The van der Waals surface area contributed by atoms with Crippen molar-refractivity contribution in [1.29, 1.82) is 0 Å². The Kier molecular flexibility index (Phi) is 6.90. The summed E-state index contributed by atoms with van der Waals surface area (Å²) in [6.45, 7) is 0.622. The summed E-state index contributed by atoms with van der Waals surface area (Å²) in [4.78, 5) is 40.2. The SMILES string of the molecule is C[C@@H](C(=O)Nc1cccc2c1CCCC2)[C@H]1CC(F)(F)CN1[C@@]1(CC(=O)O)C(=O)Nc2c(Cl)cc(Cl)cc21. The van der Waals surface area contributed by atoms with Gasteiger partial charge in [0.25, 0.3) is 5.92 Å². The first kappa shape index (κ1) is 26.8. The van der Waals surface area contributed by atoms with E-state index in [2.05, 4.69) is 10.6 Å². The number of aryl methyl sites for hydroxylation is 1. The van der Waals surface area contributed by atoms with Crippen molar-refractivity contribution in [2.75, 3.05) is 17.2 Å². The lowest BCUT2D eigenvalue weighted by molar-refractivity contribution is -0.147. The van der Waals surface area contributed by atoms with Crippen molar-refractivity contribution in [3.63, 3.8) is 0 Å². The Bertz CT molecular complexity index is 1340. The van der Waals surface area contributed by atoms with Crippen molar-refractivity contribution < 1.29 is 28.3 Å². The molecule has 38 heavy (non-hydrogen) atoms. The molecular formula is C27H27Cl2F2N3O4. The number of fused-ring (bicyclic) bond motifs is 2. The fraction of sp³-hybridized carbons (Fsp3) is 0.444. The van der Waals surface area contributed by atoms with Crippen LogP contribution in [-0.4, -0.2) is 46.3 Å². The molecule has 5 rings (SSSR count). The minimum Gasteiger partial charge on any atom is -0.481 e. The van der Waals surface area contributed by atoms with Gasteiger partial charge in [-0.05, 0) is 55.0 Å². The van der Waals surface area contributed by atoms with Crippen LogP contribution >= 0.6 is 23.2 Å². The number of halogens is 4. The summed E-state index contributed by atoms with van der Waals surface area (Å²) in [6.07, 6.45) is 2.26. The van der Waals surface area contributed by atoms with Gasteiger partial charge in [0.05, 0.1) is 29.6 Å². The topological polar surface area (TPSA) is 98.7 Å². The summed E-state index contributed by atoms with van der Waals surface area (Å²) < 4.78 is 30.1. The van der Waals surface area contributed by atoms with Gasteiger partial charge in [0.2, 0.25) is 11.8 Å². The molecule has 2 aliphatic heterocycles. The summed E-state index contributed by atoms with van der Waals surface area (Å²) in [5, 5.41) is 15.5. The molecule has 1 fully saturated rings. The highest BCUT2D eigenvalue weighted by Crippen LogP contribution is 2.52. The summed E-state index contributed by atoms with van der Waals surface area (Å²) in [6, 6.07) is 7.29. The maximum atomic E-state index is 15.0. The molecule has 1 aliphatic carbocycles. The fourth-order valence-corrected chi connectivity index (χ4v) is 6.72. The zero-order valence-corrected chi connectivity index (χ0v) is 22.1. The third-order valence-electron chi connectivity index (χ3n) is 7.97. The van der Waals surface area contributed by atoms with E-state index in [0.29, 0.717) is 5.69 Å². The number of anilines is 2. The molecule has 3 N–H and O–H groups in total. The van der Waals surface area contributed by atoms with Gasteiger partial charge in [0.1, 0.15) is 5.54 Å². The number of nitrogens with one attached hydrogen (secondary N) is 2. The van der Waals surface area contributed by atoms with Crippen LogP contribution in [0.5, 0.6) is 0 Å². The molecule has 3 aliphatic rings. The third-order valence-corrected chi connectivity index (χ3v) is 8.48. The number of hydrogen-bond acceptors (Lipinski definition) is 4. The third kappa shape index (κ3) is 4.54. The Balaban J connectivity index is 1.54. The van der Waals surface area contributed by atoms with Gasteiger partial charge in [-0.25, -0.2) is 8.78 Å². The Labute approximate surface area is 228 Å². The predicted molar refractivity (Wildman–Crippen MR) is 140 cm³/mol. The van der Waals surface area contributed by atoms with Crippen LogP contribution in [0, 0.1) is 5.92 Å². The number of amides is 2. The number of nitrogens with zero attached hydrogens (tertiary/aromatic N) is 1. The lowest BCUT2D eigenvalue weighted by Gasteiger charge is -2.41. The van der Waals surface area contributed by atoms with E-state index in [0.717, 1.165) is 36.8 Å². The molecule has 11 heteroatoms. The molecule has 2 heterocycles. The zero-order valence-electron chi connectivity index (χ0n) is 20.6. The van der Waals surface area contributed by atoms with Gasteiger partial charge < -0.3 is 15.7 Å². The molecule has 0 unspecified atom stereocenters. The number of aliphatic carboxylic acids is 1. The second-order valence-electron chi connectivity index (χ2n) is 10.4. The Hall–Kier alpha value is -2.75. The number of rotatable bonds is 6. The maximum Gasteiger partial charge on any atom is 0.306 e. The highest BCUT2D eigenvalue weighted by Gasteiger charge is 2.62. The largest absolute Gasteiger partial charge is 0.481 e. The van der Waals surface area contributed by atoms with Crippen LogP contribution in [0.3, 0.4) is 0 Å². The number of hydrogen-bond donors (Lipinski definition) is 3. The standard InChI is InChI=1S/C27H27Cl2F2N3O4/c1-14(24(37)32-20-8-4-6-15-5-2-3-7-17(15)20)21-11-26(30,31)13-34(21)27(12-22(35)36)18-9-16(28)10-19(29)23(18)33-25(27)38/h4,6,8-10,14,21H,2-3,5,7,11-13H2,1H3,(H,32,37)(H,33,38)(H,35,36)/t14-,21-,27-/m1/s1. The number of carbonyl (C=O) groups is 3. The van der Waals surface area contributed by atoms with Crippen LogP contribution in [0.2, 0.25) is 10.0 Å². The molecule has 0 bridgehead atoms. The summed E-state index contributed by atoms with van der Waals surface area (Å²) in [5.74, 6) is -6.91. The average molecular weight is 566 g/mol. The van der Waals surface area contributed by atoms with E-state index in [1.807, 2.05) is 12.1 Å². The number of alkyl halides is 2. The summed E-state index contributed by atoms with van der Waals surface area (Å²) in [7, 11) is 0. The van der Waals surface area contributed by atoms with E-state index >= 15 is 8.78 Å². The molecule has 202 valence electrons. The van der Waals surface area contributed by atoms with E-state index < -0.39 is 60.6 Å². The minimum absolute atomic E-state index is 0.0651. The van der Waals surface area contributed by atoms with Crippen LogP contribution in [0.1, 0.15) is 49.3 Å². The predicted octanol–water partition coefficient (Wildman–Crippen LogP) is 5.48. The summed E-state index contributed by atoms with van der Waals surface area (Å²) >= 11 is 12.5. The lowest BCUT2D eigenvalue weighted by Crippen LogP contribution is -2.57. The number of benzene rings is 2. The fourth-order valence-electron chi connectivity index (χ4n) is 6.18. The lowest BCUT2D eigenvalue weighted by atomic mass is 9.83. The van der Waals surface area contributed by atoms with Crippen LogP contribution in [0.4, 0.5) is 20.2 Å². The van der Waals surface area contributed by atoms with Crippen LogP contribution in [0.15, 0.2) is 30.3 Å². The van der Waals surface area contributed by atoms with E-state index in [1.54, 1.807) is 6.07 Å². The normalized spacial score (nSPS) is 24.9. The van der Waals surface area contributed by atoms with Crippen molar-refractivity contribution in [2.45, 2.75) is 63.0 Å². The van der Waals surface area contributed by atoms with E-state index in [4.69, 9.17) is 23.2 Å². The second kappa shape index (κ2) is 9.77. The van der Waals surface area contributed by atoms with Gasteiger partial charge in [-0.1, -0.05) is 42.3 Å². The van der Waals surface area contributed by atoms with Crippen molar-refractivity contribution in [3.8, 4) is 0 Å². The quantitative estimate of drug-likeness (QED) is 0.431. The first-order valence-corrected chi connectivity index (χ1v) is 13.3. The van der Waals surface area contributed by atoms with E-state index in [9.17, 15) is 19.5 Å². The molecular weight excluding hydrogens is 539 g/mol. The van der Waals surface area contributed by atoms with Gasteiger partial charge >= 0.3 is 5.97 Å². The molecule has 2 aromatic carbocycles. The van der Waals surface area contributed by atoms with Crippen molar-refractivity contribution in [3.05, 3.63) is 57.1 Å². The summed E-state index contributed by atoms with van der Waals surface area (Å²) in [5.41, 5.74) is 1.06. The number of carboxylic acids is 1. The van der Waals surface area contributed by atoms with E-state index in [-0.39, 0.29) is 21.3 Å². The van der Waals surface area contributed by atoms with Crippen LogP contribution < -0.4 is 10.6 Å². The smallest absolute Gasteiger partial charge is 0.306 e. The molecule has 0 aromatic heterocycles. The molecule has 0 saturated carbocycles. The van der Waals surface area contributed by atoms with Crippen molar-refractivity contribution in [1.82, 2.24) is 4.90 Å². The molecule has 1 saturated heterocycles. The monoisotopic (exact) mass is 565 g/mol. The Morgan fingerprint density at radius 2 is 1.97 bits per heavy atom. The molecule has 0 spiro atoms. The minimum atomic E-state index is -3.26. The van der Waals surface area contributed by atoms with Gasteiger partial charge in [-0.15, -0.1) is 0 Å². The zero-order chi connectivity index (χ0) is 27.4. The first-order valence-electron chi connectivity index (χ1n) is 12.5. The molecule has 3 atom stereocenters. The number of carboxylic acid groups (broad SMARTS) is 1. The average Bonchev–Trinajstić information content (AvgIpc) is 3.32. The van der Waals surface area contributed by atoms with Crippen LogP contribution in [0.25, 0.3) is 0 Å². The maximum absolute atomic E-state index is 15.0. The van der Waals surface area contributed by atoms with Gasteiger partial charge in [-0.3, -0.25) is 19.3 Å². The Morgan fingerprint density at radius 1 is 1.24 bits per heavy atom. The van der Waals surface area contributed by atoms with Gasteiger partial charge in [0, 0.05) is 28.7 Å². The van der Waals surface area contributed by atoms with Crippen LogP contribution in [-0.2, 0) is 32.8 Å². The van der Waals surface area contributed by atoms with Gasteiger partial charge in [0.15, 0.2) is 0 Å². The van der Waals surface area contributed by atoms with Crippen molar-refractivity contribution >= 4 is 52.4 Å². The second-order valence-corrected chi connectivity index (χ2v) is 11.2. The molecule has 2 amide bonds. The molecule has 2 aromatic rings. The van der Waals surface area contributed by atoms with Gasteiger partial charge in [-0.2, -0.15) is 0 Å². The molecule has 0 radical (unpaired) electrons. The number of carbonyl (C=O) groups excluding carboxylic acids is 2. The highest BCUT2D eigenvalue weighted by molar-refractivity contribution is 6.38. The van der Waals surface area contributed by atoms with Crippen molar-refractivity contribution in [2.24, 2.45) is 5.92 Å².